The Bertz CT molecular complexity index is 369. The molecule has 0 heterocycles. The van der Waals surface area contributed by atoms with Crippen molar-refractivity contribution < 1.29 is 23.8 Å². The Morgan fingerprint density at radius 1 is 1.17 bits per heavy atom. The molecule has 1 amide bonds. The van der Waals surface area contributed by atoms with Crippen LogP contribution in [0.1, 0.15) is 0 Å². The molecule has 0 aliphatic carbocycles. The van der Waals surface area contributed by atoms with Gasteiger partial charge in [-0.05, 0) is 12.1 Å². The molecular formula is C12H17NO5. The Morgan fingerprint density at radius 3 is 2.56 bits per heavy atom. The Hall–Kier alpha value is -1.79. The highest BCUT2D eigenvalue weighted by Gasteiger charge is 2.06. The summed E-state index contributed by atoms with van der Waals surface area (Å²) in [4.78, 5) is 16.2. The fourth-order valence-electron chi connectivity index (χ4n) is 1.17. The number of carbonyl (C=O) groups is 1. The number of amides is 1. The standard InChI is InChI=1S/C12H17NO5/c1-15-7-8-18-13-12(14)9-17-11-6-4-3-5-10(11)16-2/h3-6H,7-9H2,1-2H3,(H,13,14). The average Bonchev–Trinajstić information content (AvgIpc) is 2.41. The lowest BCUT2D eigenvalue weighted by atomic mass is 10.3. The summed E-state index contributed by atoms with van der Waals surface area (Å²) in [5, 5.41) is 0. The van der Waals surface area contributed by atoms with Crippen LogP contribution in [-0.4, -0.2) is 39.9 Å². The molecule has 0 atom stereocenters. The van der Waals surface area contributed by atoms with Crippen molar-refractivity contribution in [2.45, 2.75) is 0 Å². The molecule has 0 fully saturated rings. The second-order valence-corrected chi connectivity index (χ2v) is 3.31. The summed E-state index contributed by atoms with van der Waals surface area (Å²) in [6.45, 7) is 0.553. The van der Waals surface area contributed by atoms with Crippen LogP contribution in [0.2, 0.25) is 0 Å². The first kappa shape index (κ1) is 14.3. The van der Waals surface area contributed by atoms with Crippen LogP contribution in [0, 0.1) is 0 Å². The predicted molar refractivity (Wildman–Crippen MR) is 64.5 cm³/mol. The molecule has 100 valence electrons. The van der Waals surface area contributed by atoms with E-state index in [9.17, 15) is 4.79 Å². The summed E-state index contributed by atoms with van der Waals surface area (Å²) in [6.07, 6.45) is 0. The van der Waals surface area contributed by atoms with E-state index in [4.69, 9.17) is 19.0 Å². The number of para-hydroxylation sites is 2. The number of hydrogen-bond acceptors (Lipinski definition) is 5. The van der Waals surface area contributed by atoms with Gasteiger partial charge in [-0.2, -0.15) is 0 Å². The minimum absolute atomic E-state index is 0.145. The number of hydrogen-bond donors (Lipinski definition) is 1. The number of benzene rings is 1. The second-order valence-electron chi connectivity index (χ2n) is 3.31. The lowest BCUT2D eigenvalue weighted by Crippen LogP contribution is -2.30. The molecule has 1 N–H and O–H groups in total. The van der Waals surface area contributed by atoms with Gasteiger partial charge in [0.15, 0.2) is 18.1 Å². The van der Waals surface area contributed by atoms with Crippen LogP contribution in [0.3, 0.4) is 0 Å². The zero-order chi connectivity index (χ0) is 13.2. The van der Waals surface area contributed by atoms with Crippen LogP contribution in [0.15, 0.2) is 24.3 Å². The van der Waals surface area contributed by atoms with E-state index in [-0.39, 0.29) is 19.1 Å². The topological polar surface area (TPSA) is 66.0 Å². The van der Waals surface area contributed by atoms with E-state index in [1.165, 1.54) is 7.11 Å². The molecule has 0 aromatic heterocycles. The van der Waals surface area contributed by atoms with Gasteiger partial charge in [0.2, 0.25) is 0 Å². The van der Waals surface area contributed by atoms with E-state index < -0.39 is 0 Å². The highest BCUT2D eigenvalue weighted by molar-refractivity contribution is 5.76. The maximum absolute atomic E-state index is 11.3. The molecule has 0 unspecified atom stereocenters. The second kappa shape index (κ2) is 8.32. The van der Waals surface area contributed by atoms with E-state index in [0.717, 1.165) is 0 Å². The Kier molecular flexibility index (Phi) is 6.60. The van der Waals surface area contributed by atoms with E-state index in [1.54, 1.807) is 25.3 Å². The first-order valence-corrected chi connectivity index (χ1v) is 5.43. The van der Waals surface area contributed by atoms with Gasteiger partial charge >= 0.3 is 0 Å². The molecule has 1 aromatic rings. The van der Waals surface area contributed by atoms with Crippen LogP contribution in [0.25, 0.3) is 0 Å². The van der Waals surface area contributed by atoms with Gasteiger partial charge in [0, 0.05) is 7.11 Å². The first-order valence-electron chi connectivity index (χ1n) is 5.43. The Balaban J connectivity index is 2.29. The molecule has 0 saturated heterocycles. The highest BCUT2D eigenvalue weighted by atomic mass is 16.7. The van der Waals surface area contributed by atoms with Crippen LogP contribution in [-0.2, 0) is 14.4 Å². The zero-order valence-corrected chi connectivity index (χ0v) is 10.5. The van der Waals surface area contributed by atoms with Gasteiger partial charge < -0.3 is 14.2 Å². The fraction of sp³-hybridized carbons (Fsp3) is 0.417. The lowest BCUT2D eigenvalue weighted by molar-refractivity contribution is -0.136. The minimum Gasteiger partial charge on any atom is -0.493 e. The molecule has 0 bridgehead atoms. The summed E-state index contributed by atoms with van der Waals surface area (Å²) in [5.74, 6) is 0.703. The van der Waals surface area contributed by atoms with E-state index >= 15 is 0 Å². The maximum Gasteiger partial charge on any atom is 0.281 e. The van der Waals surface area contributed by atoms with Crippen molar-refractivity contribution in [3.63, 3.8) is 0 Å². The highest BCUT2D eigenvalue weighted by Crippen LogP contribution is 2.25. The molecule has 0 aliphatic rings. The molecule has 0 spiro atoms. The van der Waals surface area contributed by atoms with E-state index in [0.29, 0.717) is 18.1 Å². The molecule has 1 rings (SSSR count). The van der Waals surface area contributed by atoms with Crippen molar-refractivity contribution in [3.8, 4) is 11.5 Å². The van der Waals surface area contributed by atoms with Gasteiger partial charge in [-0.1, -0.05) is 12.1 Å². The number of rotatable bonds is 8. The summed E-state index contributed by atoms with van der Waals surface area (Å²) >= 11 is 0. The third-order valence-corrected chi connectivity index (χ3v) is 2.00. The molecule has 0 saturated carbocycles. The van der Waals surface area contributed by atoms with Gasteiger partial charge in [0.05, 0.1) is 20.3 Å². The van der Waals surface area contributed by atoms with Crippen LogP contribution in [0.5, 0.6) is 11.5 Å². The summed E-state index contributed by atoms with van der Waals surface area (Å²) in [5.41, 5.74) is 2.24. The third kappa shape index (κ3) is 5.03. The number of methoxy groups -OCH3 is 2. The zero-order valence-electron chi connectivity index (χ0n) is 10.5. The summed E-state index contributed by atoms with van der Waals surface area (Å²) in [6, 6.07) is 7.09. The van der Waals surface area contributed by atoms with Gasteiger partial charge in [-0.25, -0.2) is 5.48 Å². The van der Waals surface area contributed by atoms with Crippen molar-refractivity contribution >= 4 is 5.91 Å². The quantitative estimate of drug-likeness (QED) is 0.549. The van der Waals surface area contributed by atoms with Crippen LogP contribution < -0.4 is 15.0 Å². The Labute approximate surface area is 106 Å². The smallest absolute Gasteiger partial charge is 0.281 e. The fourth-order valence-corrected chi connectivity index (χ4v) is 1.17. The number of ether oxygens (including phenoxy) is 3. The summed E-state index contributed by atoms with van der Waals surface area (Å²) < 4.78 is 15.1. The lowest BCUT2D eigenvalue weighted by Gasteiger charge is -2.10. The third-order valence-electron chi connectivity index (χ3n) is 2.00. The van der Waals surface area contributed by atoms with E-state index in [2.05, 4.69) is 5.48 Å². The first-order chi connectivity index (χ1) is 8.77. The van der Waals surface area contributed by atoms with Gasteiger partial charge in [0.25, 0.3) is 5.91 Å². The predicted octanol–water partition coefficient (Wildman–Crippen LogP) is 0.768. The van der Waals surface area contributed by atoms with Crippen molar-refractivity contribution in [1.29, 1.82) is 0 Å². The molecule has 18 heavy (non-hydrogen) atoms. The maximum atomic E-state index is 11.3. The number of hydroxylamine groups is 1. The Morgan fingerprint density at radius 2 is 1.89 bits per heavy atom. The number of carbonyl (C=O) groups excluding carboxylic acids is 1. The van der Waals surface area contributed by atoms with Crippen LogP contribution in [0.4, 0.5) is 0 Å². The molecule has 1 aromatic carbocycles. The van der Waals surface area contributed by atoms with Gasteiger partial charge in [-0.3, -0.25) is 9.63 Å². The molecular weight excluding hydrogens is 238 g/mol. The monoisotopic (exact) mass is 255 g/mol. The van der Waals surface area contributed by atoms with Crippen molar-refractivity contribution in [1.82, 2.24) is 5.48 Å². The van der Waals surface area contributed by atoms with Crippen molar-refractivity contribution in [3.05, 3.63) is 24.3 Å². The van der Waals surface area contributed by atoms with Gasteiger partial charge in [0.1, 0.15) is 0 Å². The molecule has 6 nitrogen and oxygen atoms in total. The normalized spacial score (nSPS) is 9.89. The van der Waals surface area contributed by atoms with Gasteiger partial charge in [-0.15, -0.1) is 0 Å². The van der Waals surface area contributed by atoms with Crippen molar-refractivity contribution in [2.75, 3.05) is 34.0 Å². The van der Waals surface area contributed by atoms with E-state index in [1.807, 2.05) is 6.07 Å². The minimum atomic E-state index is -0.378. The van der Waals surface area contributed by atoms with Crippen molar-refractivity contribution in [2.24, 2.45) is 0 Å². The number of nitrogens with one attached hydrogen (secondary N) is 1. The molecule has 6 heteroatoms. The summed E-state index contributed by atoms with van der Waals surface area (Å²) in [7, 11) is 3.09. The largest absolute Gasteiger partial charge is 0.493 e. The molecule has 0 aliphatic heterocycles. The van der Waals surface area contributed by atoms with Crippen LogP contribution >= 0.6 is 0 Å². The molecule has 0 radical (unpaired) electrons. The average molecular weight is 255 g/mol. The SMILES string of the molecule is COCCONC(=O)COc1ccccc1OC.